The van der Waals surface area contributed by atoms with Gasteiger partial charge in [0.1, 0.15) is 5.69 Å². The van der Waals surface area contributed by atoms with Crippen LogP contribution < -0.4 is 10.9 Å². The molecule has 126 valence electrons. The molecule has 1 aromatic heterocycles. The lowest BCUT2D eigenvalue weighted by molar-refractivity contribution is 0.0697. The summed E-state index contributed by atoms with van der Waals surface area (Å²) in [4.78, 5) is 23.4. The molecule has 2 N–H and O–H groups in total. The Hall–Kier alpha value is -3.41. The lowest BCUT2D eigenvalue weighted by Crippen LogP contribution is -2.24. The maximum absolute atomic E-state index is 12.5. The molecule has 0 saturated carbocycles. The molecule has 0 aliphatic rings. The molecule has 1 heterocycles. The Balaban J connectivity index is 2.00. The van der Waals surface area contributed by atoms with Crippen LogP contribution in [0.25, 0.3) is 11.3 Å². The van der Waals surface area contributed by atoms with Crippen LogP contribution in [0.4, 0.5) is 11.4 Å². The molecule has 6 heteroatoms. The zero-order valence-corrected chi connectivity index (χ0v) is 13.6. The van der Waals surface area contributed by atoms with Gasteiger partial charge >= 0.3 is 5.97 Å². The summed E-state index contributed by atoms with van der Waals surface area (Å²) in [5.74, 6) is -0.991. The van der Waals surface area contributed by atoms with Gasteiger partial charge in [0, 0.05) is 17.8 Å². The van der Waals surface area contributed by atoms with E-state index in [1.807, 2.05) is 37.3 Å². The zero-order chi connectivity index (χ0) is 17.8. The third-order valence-electron chi connectivity index (χ3n) is 3.75. The van der Waals surface area contributed by atoms with Gasteiger partial charge in [-0.3, -0.25) is 4.79 Å². The summed E-state index contributed by atoms with van der Waals surface area (Å²) in [5, 5.41) is 16.4. The lowest BCUT2D eigenvalue weighted by atomic mass is 10.1. The number of hydrogen-bond donors (Lipinski definition) is 2. The van der Waals surface area contributed by atoms with E-state index in [4.69, 9.17) is 5.11 Å². The monoisotopic (exact) mass is 335 g/mol. The number of hydrogen-bond acceptors (Lipinski definition) is 4. The number of aryl methyl sites for hydroxylation is 1. The quantitative estimate of drug-likeness (QED) is 0.747. The van der Waals surface area contributed by atoms with Crippen molar-refractivity contribution in [2.24, 2.45) is 0 Å². The van der Waals surface area contributed by atoms with Gasteiger partial charge in [-0.05, 0) is 37.3 Å². The van der Waals surface area contributed by atoms with E-state index in [1.54, 1.807) is 18.2 Å². The highest BCUT2D eigenvalue weighted by Gasteiger charge is 2.10. The first kappa shape index (κ1) is 16.4. The second kappa shape index (κ2) is 7.00. The normalized spacial score (nSPS) is 10.4. The Morgan fingerprint density at radius 1 is 1.12 bits per heavy atom. The summed E-state index contributed by atoms with van der Waals surface area (Å²) in [7, 11) is 0. The number of nitrogens with zero attached hydrogens (tertiary/aromatic N) is 2. The van der Waals surface area contributed by atoms with Gasteiger partial charge in [0.05, 0.1) is 11.3 Å². The van der Waals surface area contributed by atoms with E-state index < -0.39 is 5.97 Å². The van der Waals surface area contributed by atoms with Crippen LogP contribution in [-0.2, 0) is 6.54 Å². The van der Waals surface area contributed by atoms with Gasteiger partial charge in [-0.2, -0.15) is 5.10 Å². The van der Waals surface area contributed by atoms with Gasteiger partial charge in [-0.15, -0.1) is 0 Å². The minimum absolute atomic E-state index is 0.191. The molecule has 3 aromatic rings. The minimum Gasteiger partial charge on any atom is -0.478 e. The van der Waals surface area contributed by atoms with Crippen molar-refractivity contribution >= 4 is 17.3 Å². The highest BCUT2D eigenvalue weighted by atomic mass is 16.4. The summed E-state index contributed by atoms with van der Waals surface area (Å²) < 4.78 is 1.40. The standard InChI is InChI=1S/C19H17N3O3/c1-2-22-18(23)17(12-16(21-22)13-6-4-3-5-7-13)20-15-10-8-14(9-11-15)19(24)25/h3-12,20H,2H2,1H3,(H,24,25). The first-order valence-electron chi connectivity index (χ1n) is 7.86. The Morgan fingerprint density at radius 3 is 2.40 bits per heavy atom. The fourth-order valence-corrected chi connectivity index (χ4v) is 2.45. The van der Waals surface area contributed by atoms with Crippen LogP contribution in [0, 0.1) is 0 Å². The molecule has 2 aromatic carbocycles. The minimum atomic E-state index is -0.991. The summed E-state index contributed by atoms with van der Waals surface area (Å²) in [5.41, 5.74) is 2.58. The van der Waals surface area contributed by atoms with Gasteiger partial charge in [0.15, 0.2) is 0 Å². The molecule has 0 fully saturated rings. The Morgan fingerprint density at radius 2 is 1.80 bits per heavy atom. The molecular weight excluding hydrogens is 318 g/mol. The molecule has 6 nitrogen and oxygen atoms in total. The molecular formula is C19H17N3O3. The van der Waals surface area contributed by atoms with Crippen LogP contribution in [0.5, 0.6) is 0 Å². The van der Waals surface area contributed by atoms with Crippen LogP contribution in [-0.4, -0.2) is 20.9 Å². The summed E-state index contributed by atoms with van der Waals surface area (Å²) in [6, 6.07) is 17.5. The second-order valence-corrected chi connectivity index (χ2v) is 5.44. The van der Waals surface area contributed by atoms with Crippen LogP contribution in [0.3, 0.4) is 0 Å². The zero-order valence-electron chi connectivity index (χ0n) is 13.6. The number of nitrogens with one attached hydrogen (secondary N) is 1. The van der Waals surface area contributed by atoms with Crippen LogP contribution in [0.1, 0.15) is 17.3 Å². The van der Waals surface area contributed by atoms with Crippen molar-refractivity contribution in [3.63, 3.8) is 0 Å². The van der Waals surface area contributed by atoms with Gasteiger partial charge in [-0.25, -0.2) is 9.48 Å². The number of aromatic nitrogens is 2. The highest BCUT2D eigenvalue weighted by molar-refractivity contribution is 5.88. The van der Waals surface area contributed by atoms with Crippen LogP contribution >= 0.6 is 0 Å². The van der Waals surface area contributed by atoms with Crippen molar-refractivity contribution in [3.05, 3.63) is 76.6 Å². The number of rotatable bonds is 5. The largest absolute Gasteiger partial charge is 0.478 e. The number of carbonyl (C=O) groups is 1. The van der Waals surface area contributed by atoms with Gasteiger partial charge in [0.2, 0.25) is 0 Å². The van der Waals surface area contributed by atoms with Crippen molar-refractivity contribution in [1.82, 2.24) is 9.78 Å². The summed E-state index contributed by atoms with van der Waals surface area (Å²) in [6.45, 7) is 2.31. The number of aromatic carboxylic acids is 1. The number of anilines is 2. The second-order valence-electron chi connectivity index (χ2n) is 5.44. The van der Waals surface area contributed by atoms with Crippen molar-refractivity contribution in [2.45, 2.75) is 13.5 Å². The lowest BCUT2D eigenvalue weighted by Gasteiger charge is -2.11. The predicted molar refractivity (Wildman–Crippen MR) is 96.3 cm³/mol. The SMILES string of the molecule is CCn1nc(-c2ccccc2)cc(Nc2ccc(C(=O)O)cc2)c1=O. The fraction of sp³-hybridized carbons (Fsp3) is 0.105. The molecule has 3 rings (SSSR count). The maximum Gasteiger partial charge on any atom is 0.335 e. The van der Waals surface area contributed by atoms with E-state index in [2.05, 4.69) is 10.4 Å². The molecule has 0 aliphatic heterocycles. The molecule has 25 heavy (non-hydrogen) atoms. The molecule has 0 radical (unpaired) electrons. The number of benzene rings is 2. The van der Waals surface area contributed by atoms with Crippen molar-refractivity contribution in [2.75, 3.05) is 5.32 Å². The Labute approximate surface area is 144 Å². The average molecular weight is 335 g/mol. The topological polar surface area (TPSA) is 84.2 Å². The molecule has 0 saturated heterocycles. The molecule has 0 unspecified atom stereocenters. The summed E-state index contributed by atoms with van der Waals surface area (Å²) >= 11 is 0. The first-order valence-corrected chi connectivity index (χ1v) is 7.86. The predicted octanol–water partition coefficient (Wildman–Crippen LogP) is 3.37. The molecule has 0 spiro atoms. The third-order valence-corrected chi connectivity index (χ3v) is 3.75. The number of carboxylic acid groups (broad SMARTS) is 1. The van der Waals surface area contributed by atoms with E-state index in [1.165, 1.54) is 16.8 Å². The molecule has 0 atom stereocenters. The average Bonchev–Trinajstić information content (AvgIpc) is 2.64. The smallest absolute Gasteiger partial charge is 0.335 e. The van der Waals surface area contributed by atoms with Crippen molar-refractivity contribution in [1.29, 1.82) is 0 Å². The fourth-order valence-electron chi connectivity index (χ4n) is 2.45. The van der Waals surface area contributed by atoms with Gasteiger partial charge in [0.25, 0.3) is 5.56 Å². The van der Waals surface area contributed by atoms with E-state index >= 15 is 0 Å². The highest BCUT2D eigenvalue weighted by Crippen LogP contribution is 2.20. The van der Waals surface area contributed by atoms with E-state index in [-0.39, 0.29) is 11.1 Å². The van der Waals surface area contributed by atoms with Gasteiger partial charge in [-0.1, -0.05) is 30.3 Å². The molecule has 0 bridgehead atoms. The number of carboxylic acids is 1. The van der Waals surface area contributed by atoms with Crippen LogP contribution in [0.2, 0.25) is 0 Å². The van der Waals surface area contributed by atoms with E-state index in [0.717, 1.165) is 5.56 Å². The first-order chi connectivity index (χ1) is 12.1. The molecule has 0 amide bonds. The third kappa shape index (κ3) is 3.58. The summed E-state index contributed by atoms with van der Waals surface area (Å²) in [6.07, 6.45) is 0. The Kier molecular flexibility index (Phi) is 4.61. The molecule has 0 aliphatic carbocycles. The van der Waals surface area contributed by atoms with Crippen molar-refractivity contribution in [3.8, 4) is 11.3 Å². The van der Waals surface area contributed by atoms with Crippen LogP contribution in [0.15, 0.2) is 65.5 Å². The van der Waals surface area contributed by atoms with E-state index in [0.29, 0.717) is 23.6 Å². The maximum atomic E-state index is 12.5. The Bertz CT molecular complexity index is 948. The van der Waals surface area contributed by atoms with Crippen molar-refractivity contribution < 1.29 is 9.90 Å². The van der Waals surface area contributed by atoms with E-state index in [9.17, 15) is 9.59 Å². The van der Waals surface area contributed by atoms with Gasteiger partial charge < -0.3 is 10.4 Å².